The van der Waals surface area contributed by atoms with Crippen LogP contribution in [0.4, 0.5) is 17.6 Å². The maximum atomic E-state index is 13.4. The first kappa shape index (κ1) is 16.3. The lowest BCUT2D eigenvalue weighted by Gasteiger charge is -2.12. The summed E-state index contributed by atoms with van der Waals surface area (Å²) in [6, 6.07) is 10.7. The normalized spacial score (nSPS) is 12.4. The summed E-state index contributed by atoms with van der Waals surface area (Å²) in [6.45, 7) is -0.210. The van der Waals surface area contributed by atoms with E-state index in [1.807, 2.05) is 0 Å². The van der Waals surface area contributed by atoms with Crippen molar-refractivity contribution in [2.24, 2.45) is 0 Å². The number of hydrogen-bond donors (Lipinski definition) is 1. The maximum absolute atomic E-state index is 13.4. The third-order valence-corrected chi connectivity index (χ3v) is 3.62. The van der Waals surface area contributed by atoms with Crippen LogP contribution in [0.3, 0.4) is 0 Å². The van der Waals surface area contributed by atoms with Crippen LogP contribution in [-0.2, 0) is 6.18 Å². The average molecular weight is 335 g/mol. The van der Waals surface area contributed by atoms with Gasteiger partial charge in [-0.1, -0.05) is 12.1 Å². The Balaban J connectivity index is 2.26. The third kappa shape index (κ3) is 3.05. The fourth-order valence-electron chi connectivity index (χ4n) is 2.61. The Morgan fingerprint density at radius 1 is 1.04 bits per heavy atom. The summed E-state index contributed by atoms with van der Waals surface area (Å²) >= 11 is 0. The molecular weight excluding hydrogens is 322 g/mol. The second kappa shape index (κ2) is 6.13. The maximum Gasteiger partial charge on any atom is 0.416 e. The number of rotatable bonds is 3. The van der Waals surface area contributed by atoms with Gasteiger partial charge in [0.25, 0.3) is 0 Å². The molecule has 3 rings (SSSR count). The quantitative estimate of drug-likeness (QED) is 0.684. The molecule has 3 aromatic rings. The minimum Gasteiger partial charge on any atom is -0.392 e. The molecule has 0 saturated carbocycles. The van der Waals surface area contributed by atoms with E-state index in [1.165, 1.54) is 30.3 Å². The Bertz CT molecular complexity index is 909. The molecule has 0 aliphatic rings. The molecule has 1 heterocycles. The van der Waals surface area contributed by atoms with E-state index in [2.05, 4.69) is 0 Å². The van der Waals surface area contributed by atoms with Crippen LogP contribution in [0.2, 0.25) is 0 Å². The second-order valence-corrected chi connectivity index (χ2v) is 5.24. The van der Waals surface area contributed by atoms with Crippen molar-refractivity contribution >= 4 is 17.0 Å². The zero-order valence-corrected chi connectivity index (χ0v) is 12.4. The summed E-state index contributed by atoms with van der Waals surface area (Å²) in [5.74, 6) is -0.429. The summed E-state index contributed by atoms with van der Waals surface area (Å²) in [5, 5.41) is 9.51. The molecule has 0 unspecified atom stereocenters. The van der Waals surface area contributed by atoms with Crippen molar-refractivity contribution in [3.63, 3.8) is 0 Å². The molecule has 0 saturated heterocycles. The molecule has 0 aliphatic heterocycles. The van der Waals surface area contributed by atoms with Gasteiger partial charge in [-0.2, -0.15) is 13.2 Å². The first-order valence-corrected chi connectivity index (χ1v) is 7.16. The van der Waals surface area contributed by atoms with Crippen LogP contribution in [0.1, 0.15) is 11.3 Å². The van der Waals surface area contributed by atoms with Crippen LogP contribution in [0, 0.1) is 5.82 Å². The summed E-state index contributed by atoms with van der Waals surface area (Å²) in [6.07, 6.45) is -1.40. The minimum absolute atomic E-state index is 0.210. The fraction of sp³-hybridized carbons (Fsp3) is 0.111. The van der Waals surface area contributed by atoms with Gasteiger partial charge in [-0.3, -0.25) is 0 Å². The van der Waals surface area contributed by atoms with Gasteiger partial charge in [0.1, 0.15) is 5.82 Å². The SMILES string of the molecule is OC/C=C/c1cc2cc(F)ccc2n1-c1cccc(C(F)(F)F)c1. The minimum atomic E-state index is -4.45. The molecule has 2 aromatic carbocycles. The average Bonchev–Trinajstić information content (AvgIpc) is 2.89. The molecule has 2 nitrogen and oxygen atoms in total. The Kier molecular flexibility index (Phi) is 4.15. The molecule has 0 atom stereocenters. The van der Waals surface area contributed by atoms with Crippen LogP contribution in [0.15, 0.2) is 54.6 Å². The van der Waals surface area contributed by atoms with Crippen LogP contribution < -0.4 is 0 Å². The van der Waals surface area contributed by atoms with Crippen molar-refractivity contribution < 1.29 is 22.7 Å². The van der Waals surface area contributed by atoms with Crippen molar-refractivity contribution in [2.45, 2.75) is 6.18 Å². The van der Waals surface area contributed by atoms with Crippen LogP contribution in [0.5, 0.6) is 0 Å². The fourth-order valence-corrected chi connectivity index (χ4v) is 2.61. The van der Waals surface area contributed by atoms with Gasteiger partial charge in [0.15, 0.2) is 0 Å². The number of fused-ring (bicyclic) bond motifs is 1. The number of aliphatic hydroxyl groups is 1. The lowest BCUT2D eigenvalue weighted by molar-refractivity contribution is -0.137. The van der Waals surface area contributed by atoms with Crippen molar-refractivity contribution in [1.29, 1.82) is 0 Å². The van der Waals surface area contributed by atoms with Gasteiger partial charge in [-0.25, -0.2) is 4.39 Å². The lowest BCUT2D eigenvalue weighted by atomic mass is 10.2. The molecule has 0 spiro atoms. The Morgan fingerprint density at radius 2 is 1.83 bits per heavy atom. The highest BCUT2D eigenvalue weighted by molar-refractivity contribution is 5.86. The van der Waals surface area contributed by atoms with Gasteiger partial charge < -0.3 is 9.67 Å². The van der Waals surface area contributed by atoms with Gasteiger partial charge in [-0.05, 0) is 48.5 Å². The van der Waals surface area contributed by atoms with Gasteiger partial charge in [0, 0.05) is 16.8 Å². The number of aromatic nitrogens is 1. The molecule has 6 heteroatoms. The van der Waals surface area contributed by atoms with Crippen molar-refractivity contribution in [1.82, 2.24) is 4.57 Å². The Labute approximate surface area is 135 Å². The molecule has 0 radical (unpaired) electrons. The smallest absolute Gasteiger partial charge is 0.392 e. The number of alkyl halides is 3. The molecule has 1 N–H and O–H groups in total. The van der Waals surface area contributed by atoms with E-state index in [0.29, 0.717) is 22.3 Å². The van der Waals surface area contributed by atoms with E-state index in [-0.39, 0.29) is 6.61 Å². The summed E-state index contributed by atoms with van der Waals surface area (Å²) in [7, 11) is 0. The molecule has 0 aliphatic carbocycles. The molecule has 24 heavy (non-hydrogen) atoms. The topological polar surface area (TPSA) is 25.2 Å². The van der Waals surface area contributed by atoms with E-state index in [1.54, 1.807) is 22.8 Å². The van der Waals surface area contributed by atoms with E-state index < -0.39 is 17.6 Å². The molecule has 1 aromatic heterocycles. The number of aliphatic hydroxyl groups excluding tert-OH is 1. The summed E-state index contributed by atoms with van der Waals surface area (Å²) in [4.78, 5) is 0. The highest BCUT2D eigenvalue weighted by Gasteiger charge is 2.30. The van der Waals surface area contributed by atoms with E-state index in [9.17, 15) is 17.6 Å². The van der Waals surface area contributed by atoms with Gasteiger partial charge >= 0.3 is 6.18 Å². The predicted molar refractivity (Wildman–Crippen MR) is 84.4 cm³/mol. The first-order valence-electron chi connectivity index (χ1n) is 7.16. The third-order valence-electron chi connectivity index (χ3n) is 3.62. The van der Waals surface area contributed by atoms with E-state index in [4.69, 9.17) is 5.11 Å². The molecular formula is C18H13F4NO. The zero-order valence-electron chi connectivity index (χ0n) is 12.4. The van der Waals surface area contributed by atoms with Crippen LogP contribution in [0.25, 0.3) is 22.7 Å². The first-order chi connectivity index (χ1) is 11.4. The number of halogens is 4. The van der Waals surface area contributed by atoms with Crippen LogP contribution >= 0.6 is 0 Å². The monoisotopic (exact) mass is 335 g/mol. The van der Waals surface area contributed by atoms with Crippen LogP contribution in [-0.4, -0.2) is 16.3 Å². The lowest BCUT2D eigenvalue weighted by Crippen LogP contribution is -2.06. The van der Waals surface area contributed by atoms with Gasteiger partial charge in [0.05, 0.1) is 17.7 Å². The number of nitrogens with zero attached hydrogens (tertiary/aromatic N) is 1. The van der Waals surface area contributed by atoms with E-state index in [0.717, 1.165) is 12.1 Å². The van der Waals surface area contributed by atoms with Crippen molar-refractivity contribution in [3.05, 3.63) is 71.7 Å². The van der Waals surface area contributed by atoms with E-state index >= 15 is 0 Å². The zero-order chi connectivity index (χ0) is 17.3. The molecule has 124 valence electrons. The number of benzene rings is 2. The standard InChI is InChI=1S/C18H13F4NO/c19-14-6-7-17-12(9-14)10-15(5-2-8-24)23(17)16-4-1-3-13(11-16)18(20,21)22/h1-7,9-11,24H,8H2/b5-2+. The highest BCUT2D eigenvalue weighted by Crippen LogP contribution is 2.32. The number of hydrogen-bond acceptors (Lipinski definition) is 1. The van der Waals surface area contributed by atoms with Gasteiger partial charge in [-0.15, -0.1) is 0 Å². The molecule has 0 amide bonds. The summed E-state index contributed by atoms with van der Waals surface area (Å²) < 4.78 is 54.0. The largest absolute Gasteiger partial charge is 0.416 e. The van der Waals surface area contributed by atoms with Gasteiger partial charge in [0.2, 0.25) is 0 Å². The summed E-state index contributed by atoms with van der Waals surface area (Å²) in [5.41, 5.74) is 0.669. The molecule has 0 bridgehead atoms. The second-order valence-electron chi connectivity index (χ2n) is 5.24. The highest BCUT2D eigenvalue weighted by atomic mass is 19.4. The molecule has 0 fully saturated rings. The Hall–Kier alpha value is -2.60. The van der Waals surface area contributed by atoms with Crippen molar-refractivity contribution in [3.8, 4) is 5.69 Å². The Morgan fingerprint density at radius 3 is 2.54 bits per heavy atom. The van der Waals surface area contributed by atoms with Crippen molar-refractivity contribution in [2.75, 3.05) is 6.61 Å². The predicted octanol–water partition coefficient (Wildman–Crippen LogP) is 4.79.